The molecule has 0 aliphatic carbocycles. The summed E-state index contributed by atoms with van der Waals surface area (Å²) in [6.07, 6.45) is 1.57. The Kier molecular flexibility index (Phi) is 5.38. The number of aryl methyl sites for hydroxylation is 1. The van der Waals surface area contributed by atoms with Gasteiger partial charge >= 0.3 is 12.0 Å². The van der Waals surface area contributed by atoms with E-state index in [9.17, 15) is 9.59 Å². The molecule has 0 aliphatic heterocycles. The van der Waals surface area contributed by atoms with Crippen molar-refractivity contribution in [1.29, 1.82) is 0 Å². The van der Waals surface area contributed by atoms with E-state index in [0.717, 1.165) is 5.56 Å². The molecule has 0 saturated carbocycles. The molecule has 0 unspecified atom stereocenters. The third-order valence-electron chi connectivity index (χ3n) is 2.09. The fourth-order valence-electron chi connectivity index (χ4n) is 1.31. The maximum atomic E-state index is 11.7. The van der Waals surface area contributed by atoms with Crippen LogP contribution in [0.2, 0.25) is 0 Å². The highest BCUT2D eigenvalue weighted by atomic mass is 32.1. The molecular formula is C12H16N2O3S. The molecule has 0 aromatic carbocycles. The van der Waals surface area contributed by atoms with Crippen molar-refractivity contribution in [2.75, 3.05) is 18.5 Å². The fourth-order valence-corrected chi connectivity index (χ4v) is 2.23. The lowest BCUT2D eigenvalue weighted by atomic mass is 10.2. The largest absolute Gasteiger partial charge is 0.462 e. The summed E-state index contributed by atoms with van der Waals surface area (Å²) in [5, 5.41) is 7.49. The van der Waals surface area contributed by atoms with Crippen molar-refractivity contribution in [3.8, 4) is 0 Å². The summed E-state index contributed by atoms with van der Waals surface area (Å²) in [5.74, 6) is -0.421. The van der Waals surface area contributed by atoms with Crippen molar-refractivity contribution in [2.24, 2.45) is 0 Å². The molecule has 0 spiro atoms. The van der Waals surface area contributed by atoms with Crippen LogP contribution in [-0.2, 0) is 4.74 Å². The Bertz CT molecular complexity index is 454. The van der Waals surface area contributed by atoms with Gasteiger partial charge in [-0.15, -0.1) is 17.9 Å². The van der Waals surface area contributed by atoms with Gasteiger partial charge < -0.3 is 10.1 Å². The van der Waals surface area contributed by atoms with Crippen LogP contribution in [0.15, 0.2) is 18.0 Å². The lowest BCUT2D eigenvalue weighted by Gasteiger charge is -2.07. The third kappa shape index (κ3) is 3.59. The van der Waals surface area contributed by atoms with E-state index in [1.807, 2.05) is 0 Å². The van der Waals surface area contributed by atoms with E-state index < -0.39 is 5.97 Å². The van der Waals surface area contributed by atoms with Gasteiger partial charge in [-0.3, -0.25) is 5.32 Å². The minimum atomic E-state index is -0.421. The highest BCUT2D eigenvalue weighted by molar-refractivity contribution is 7.15. The Morgan fingerprint density at radius 3 is 2.89 bits per heavy atom. The van der Waals surface area contributed by atoms with Crippen LogP contribution in [0.5, 0.6) is 0 Å². The third-order valence-corrected chi connectivity index (χ3v) is 3.10. The van der Waals surface area contributed by atoms with Crippen molar-refractivity contribution >= 4 is 28.3 Å². The SMILES string of the molecule is C=CCNC(=O)Nc1scc(C)c1C(=O)OCC. The summed E-state index contributed by atoms with van der Waals surface area (Å²) in [5.41, 5.74) is 1.20. The molecule has 1 heterocycles. The van der Waals surface area contributed by atoms with Crippen molar-refractivity contribution < 1.29 is 14.3 Å². The molecule has 0 radical (unpaired) electrons. The molecular weight excluding hydrogens is 252 g/mol. The van der Waals surface area contributed by atoms with Crippen molar-refractivity contribution in [2.45, 2.75) is 13.8 Å². The number of urea groups is 1. The zero-order valence-corrected chi connectivity index (χ0v) is 11.2. The minimum absolute atomic E-state index is 0.302. The molecule has 1 rings (SSSR count). The number of nitrogens with one attached hydrogen (secondary N) is 2. The number of thiophene rings is 1. The Morgan fingerprint density at radius 2 is 2.28 bits per heavy atom. The van der Waals surface area contributed by atoms with Crippen LogP contribution < -0.4 is 10.6 Å². The van der Waals surface area contributed by atoms with E-state index in [1.165, 1.54) is 11.3 Å². The summed E-state index contributed by atoms with van der Waals surface area (Å²) < 4.78 is 4.95. The maximum absolute atomic E-state index is 11.7. The number of esters is 1. The van der Waals surface area contributed by atoms with E-state index in [4.69, 9.17) is 4.74 Å². The van der Waals surface area contributed by atoms with Gasteiger partial charge in [0.15, 0.2) is 0 Å². The molecule has 0 fully saturated rings. The average molecular weight is 268 g/mol. The molecule has 18 heavy (non-hydrogen) atoms. The van der Waals surface area contributed by atoms with Gasteiger partial charge in [0.1, 0.15) is 5.00 Å². The summed E-state index contributed by atoms with van der Waals surface area (Å²) in [4.78, 5) is 23.2. The van der Waals surface area contributed by atoms with Gasteiger partial charge in [0, 0.05) is 6.54 Å². The van der Waals surface area contributed by atoms with Crippen LogP contribution >= 0.6 is 11.3 Å². The maximum Gasteiger partial charge on any atom is 0.341 e. The first kappa shape index (κ1) is 14.2. The monoisotopic (exact) mass is 268 g/mol. The first-order valence-corrected chi connectivity index (χ1v) is 6.39. The molecule has 2 N–H and O–H groups in total. The summed E-state index contributed by atoms with van der Waals surface area (Å²) >= 11 is 1.29. The van der Waals surface area contributed by atoms with E-state index in [1.54, 1.807) is 25.3 Å². The quantitative estimate of drug-likeness (QED) is 0.637. The van der Waals surface area contributed by atoms with Crippen LogP contribution in [-0.4, -0.2) is 25.2 Å². The number of hydrogen-bond donors (Lipinski definition) is 2. The zero-order valence-electron chi connectivity index (χ0n) is 10.4. The smallest absolute Gasteiger partial charge is 0.341 e. The second kappa shape index (κ2) is 6.80. The molecule has 1 aromatic rings. The van der Waals surface area contributed by atoms with Gasteiger partial charge in [0.05, 0.1) is 12.2 Å². The Labute approximate surface area is 110 Å². The number of rotatable bonds is 5. The van der Waals surface area contributed by atoms with Crippen molar-refractivity contribution in [3.05, 3.63) is 29.2 Å². The Hall–Kier alpha value is -1.82. The normalized spacial score (nSPS) is 9.67. The van der Waals surface area contributed by atoms with Crippen LogP contribution in [0.4, 0.5) is 9.80 Å². The zero-order chi connectivity index (χ0) is 13.5. The second-order valence-corrected chi connectivity index (χ2v) is 4.35. The van der Waals surface area contributed by atoms with Crippen LogP contribution in [0.3, 0.4) is 0 Å². The van der Waals surface area contributed by atoms with Crippen LogP contribution in [0.25, 0.3) is 0 Å². The molecule has 1 aromatic heterocycles. The van der Waals surface area contributed by atoms with Gasteiger partial charge in [0.2, 0.25) is 0 Å². The molecule has 0 saturated heterocycles. The number of amides is 2. The van der Waals surface area contributed by atoms with Gasteiger partial charge in [-0.1, -0.05) is 6.08 Å². The van der Waals surface area contributed by atoms with Gasteiger partial charge in [0.25, 0.3) is 0 Å². The highest BCUT2D eigenvalue weighted by Crippen LogP contribution is 2.28. The Morgan fingerprint density at radius 1 is 1.56 bits per heavy atom. The van der Waals surface area contributed by atoms with E-state index >= 15 is 0 Å². The minimum Gasteiger partial charge on any atom is -0.462 e. The number of ether oxygens (including phenoxy) is 1. The number of carbonyl (C=O) groups is 2. The van der Waals surface area contributed by atoms with Gasteiger partial charge in [-0.25, -0.2) is 9.59 Å². The summed E-state index contributed by atoms with van der Waals surface area (Å²) in [6.45, 7) is 7.71. The molecule has 0 aliphatic rings. The first-order chi connectivity index (χ1) is 8.60. The molecule has 0 bridgehead atoms. The average Bonchev–Trinajstić information content (AvgIpc) is 2.68. The molecule has 98 valence electrons. The first-order valence-electron chi connectivity index (χ1n) is 5.51. The fraction of sp³-hybridized carbons (Fsp3) is 0.333. The van der Waals surface area contributed by atoms with Crippen LogP contribution in [0.1, 0.15) is 22.8 Å². The van der Waals surface area contributed by atoms with Gasteiger partial charge in [-0.2, -0.15) is 0 Å². The van der Waals surface area contributed by atoms with Crippen LogP contribution in [0, 0.1) is 6.92 Å². The lowest BCUT2D eigenvalue weighted by Crippen LogP contribution is -2.29. The summed E-state index contributed by atoms with van der Waals surface area (Å²) in [6, 6.07) is -0.373. The lowest BCUT2D eigenvalue weighted by molar-refractivity contribution is 0.0527. The predicted octanol–water partition coefficient (Wildman–Crippen LogP) is 2.54. The molecule has 2 amide bonds. The number of carbonyl (C=O) groups excluding carboxylic acids is 2. The van der Waals surface area contributed by atoms with Crippen molar-refractivity contribution in [1.82, 2.24) is 5.32 Å². The van der Waals surface area contributed by atoms with E-state index in [2.05, 4.69) is 17.2 Å². The molecule has 6 heteroatoms. The topological polar surface area (TPSA) is 67.4 Å². The van der Waals surface area contributed by atoms with Gasteiger partial charge in [-0.05, 0) is 24.8 Å². The Balaban J connectivity index is 2.80. The second-order valence-electron chi connectivity index (χ2n) is 3.47. The number of hydrogen-bond acceptors (Lipinski definition) is 4. The molecule has 0 atom stereocenters. The van der Waals surface area contributed by atoms with Crippen molar-refractivity contribution in [3.63, 3.8) is 0 Å². The standard InChI is InChI=1S/C12H16N2O3S/c1-4-6-13-12(16)14-10-9(8(3)7-18-10)11(15)17-5-2/h4,7H,1,5-6H2,2-3H3,(H2,13,14,16). The number of anilines is 1. The van der Waals surface area contributed by atoms with E-state index in [0.29, 0.717) is 23.7 Å². The highest BCUT2D eigenvalue weighted by Gasteiger charge is 2.19. The summed E-state index contributed by atoms with van der Waals surface area (Å²) in [7, 11) is 0. The predicted molar refractivity (Wildman–Crippen MR) is 72.2 cm³/mol. The molecule has 5 nitrogen and oxygen atoms in total. The van der Waals surface area contributed by atoms with E-state index in [-0.39, 0.29) is 6.03 Å².